The Kier molecular flexibility index (Phi) is 5.73. The quantitative estimate of drug-likeness (QED) is 0.785. The van der Waals surface area contributed by atoms with Gasteiger partial charge in [-0.2, -0.15) is 0 Å². The van der Waals surface area contributed by atoms with Gasteiger partial charge in [-0.1, -0.05) is 54.6 Å². The van der Waals surface area contributed by atoms with E-state index in [2.05, 4.69) is 4.72 Å². The van der Waals surface area contributed by atoms with Crippen LogP contribution in [0.1, 0.15) is 0 Å². The highest BCUT2D eigenvalue weighted by molar-refractivity contribution is 7.73. The molecule has 2 rings (SSSR count). The first-order chi connectivity index (χ1) is 7.79. The topological polar surface area (TPSA) is 46.2 Å². The maximum Gasteiger partial charge on any atom is 0.222 e. The highest BCUT2D eigenvalue weighted by Gasteiger charge is 1.85. The smallest absolute Gasteiger partial charge is 0.222 e. The van der Waals surface area contributed by atoms with Crippen molar-refractivity contribution in [3.63, 3.8) is 0 Å². The average Bonchev–Trinajstić information content (AvgIpc) is 2.32. The van der Waals surface area contributed by atoms with Gasteiger partial charge in [-0.25, -0.2) is 8.42 Å². The van der Waals surface area contributed by atoms with Gasteiger partial charge in [0.1, 0.15) is 0 Å². The lowest BCUT2D eigenvalue weighted by Crippen LogP contribution is -1.93. The van der Waals surface area contributed by atoms with E-state index >= 15 is 0 Å². The molecule has 3 nitrogen and oxygen atoms in total. The van der Waals surface area contributed by atoms with Crippen LogP contribution < -0.4 is 4.72 Å². The summed E-state index contributed by atoms with van der Waals surface area (Å²) in [4.78, 5) is 0. The van der Waals surface area contributed by atoms with Gasteiger partial charge >= 0.3 is 0 Å². The third-order valence-electron chi connectivity index (χ3n) is 1.66. The standard InChI is InChI=1S/C6H7NO2S.C6H6/c8-10(9)7-6-4-2-1-3-5-6;1-2-4-6-5-3-1/h1-5,10H,(H,7,8,9);1-6H. The number of nitrogens with one attached hydrogen (secondary N) is 1. The van der Waals surface area contributed by atoms with Gasteiger partial charge in [0, 0.05) is 5.69 Å². The summed E-state index contributed by atoms with van der Waals surface area (Å²) in [6.45, 7) is 0. The molecule has 2 aromatic carbocycles. The van der Waals surface area contributed by atoms with Crippen molar-refractivity contribution in [3.8, 4) is 0 Å². The molecule has 0 aliphatic heterocycles. The van der Waals surface area contributed by atoms with Crippen LogP contribution in [0.25, 0.3) is 0 Å². The summed E-state index contributed by atoms with van der Waals surface area (Å²) < 4.78 is 22.4. The summed E-state index contributed by atoms with van der Waals surface area (Å²) in [5.41, 5.74) is 0.596. The molecule has 0 aromatic heterocycles. The summed E-state index contributed by atoms with van der Waals surface area (Å²) in [6, 6.07) is 20.7. The van der Waals surface area contributed by atoms with Gasteiger partial charge in [0.05, 0.1) is 0 Å². The summed E-state index contributed by atoms with van der Waals surface area (Å²) in [5, 5.41) is 0. The zero-order valence-electron chi connectivity index (χ0n) is 8.61. The lowest BCUT2D eigenvalue weighted by molar-refractivity contribution is 0.619. The second-order valence-electron chi connectivity index (χ2n) is 2.89. The van der Waals surface area contributed by atoms with Crippen molar-refractivity contribution < 1.29 is 8.42 Å². The zero-order chi connectivity index (χ0) is 11.6. The summed E-state index contributed by atoms with van der Waals surface area (Å²) in [5.74, 6) is 0. The lowest BCUT2D eigenvalue weighted by Gasteiger charge is -1.94. The fourth-order valence-corrected chi connectivity index (χ4v) is 1.36. The van der Waals surface area contributed by atoms with Crippen LogP contribution in [0.15, 0.2) is 66.7 Å². The van der Waals surface area contributed by atoms with E-state index in [1.165, 1.54) is 0 Å². The molecule has 0 unspecified atom stereocenters. The van der Waals surface area contributed by atoms with Crippen LogP contribution in [-0.2, 0) is 10.9 Å². The van der Waals surface area contributed by atoms with E-state index in [0.717, 1.165) is 0 Å². The van der Waals surface area contributed by atoms with Crippen molar-refractivity contribution in [2.75, 3.05) is 4.72 Å². The minimum absolute atomic E-state index is 0.596. The zero-order valence-corrected chi connectivity index (χ0v) is 9.51. The second kappa shape index (κ2) is 7.48. The molecular formula is C12H13NO2S. The number of benzene rings is 2. The third kappa shape index (κ3) is 5.82. The minimum Gasteiger partial charge on any atom is -0.286 e. The molecule has 0 radical (unpaired) electrons. The minimum atomic E-state index is -2.53. The van der Waals surface area contributed by atoms with Gasteiger partial charge in [-0.05, 0) is 12.1 Å². The first kappa shape index (κ1) is 12.3. The van der Waals surface area contributed by atoms with Crippen molar-refractivity contribution in [2.45, 2.75) is 0 Å². The van der Waals surface area contributed by atoms with Crippen molar-refractivity contribution in [1.82, 2.24) is 0 Å². The Balaban J connectivity index is 0.000000181. The van der Waals surface area contributed by atoms with E-state index < -0.39 is 10.9 Å². The largest absolute Gasteiger partial charge is 0.286 e. The van der Waals surface area contributed by atoms with Gasteiger partial charge in [0.2, 0.25) is 10.9 Å². The SMILES string of the molecule is O=[SH](=O)Nc1ccccc1.c1ccccc1. The second-order valence-corrected chi connectivity index (χ2v) is 3.63. The number of para-hydroxylation sites is 1. The molecule has 1 N–H and O–H groups in total. The van der Waals surface area contributed by atoms with Crippen molar-refractivity contribution in [2.24, 2.45) is 0 Å². The molecule has 0 atom stereocenters. The first-order valence-corrected chi connectivity index (χ1v) is 5.93. The Hall–Kier alpha value is -1.81. The molecule has 0 bridgehead atoms. The molecule has 0 amide bonds. The third-order valence-corrected chi connectivity index (χ3v) is 2.10. The fraction of sp³-hybridized carbons (Fsp3) is 0. The van der Waals surface area contributed by atoms with Crippen LogP contribution in [0, 0.1) is 0 Å². The van der Waals surface area contributed by atoms with E-state index in [1.54, 1.807) is 24.3 Å². The Labute approximate surface area is 96.8 Å². The van der Waals surface area contributed by atoms with Crippen LogP contribution in [0.3, 0.4) is 0 Å². The fourth-order valence-electron chi connectivity index (χ4n) is 1.00. The van der Waals surface area contributed by atoms with Gasteiger partial charge in [0.15, 0.2) is 0 Å². The Morgan fingerprint density at radius 2 is 1.06 bits per heavy atom. The number of thiol groups is 1. The predicted octanol–water partition coefficient (Wildman–Crippen LogP) is 2.31. The van der Waals surface area contributed by atoms with Crippen LogP contribution >= 0.6 is 0 Å². The van der Waals surface area contributed by atoms with Gasteiger partial charge < -0.3 is 0 Å². The maximum atomic E-state index is 10.1. The van der Waals surface area contributed by atoms with E-state index in [1.807, 2.05) is 42.5 Å². The summed E-state index contributed by atoms with van der Waals surface area (Å²) in [7, 11) is -2.53. The Bertz CT molecular complexity index is 420. The molecule has 0 saturated carbocycles. The van der Waals surface area contributed by atoms with Crippen molar-refractivity contribution in [1.29, 1.82) is 0 Å². The molecule has 0 spiro atoms. The Morgan fingerprint density at radius 1 is 0.688 bits per heavy atom. The summed E-state index contributed by atoms with van der Waals surface area (Å²) in [6.07, 6.45) is 0. The molecule has 16 heavy (non-hydrogen) atoms. The average molecular weight is 235 g/mol. The lowest BCUT2D eigenvalue weighted by atomic mass is 10.3. The number of hydrogen-bond acceptors (Lipinski definition) is 2. The molecule has 0 saturated heterocycles. The molecule has 0 aliphatic rings. The molecule has 2 aromatic rings. The van der Waals surface area contributed by atoms with Crippen LogP contribution in [0.5, 0.6) is 0 Å². The molecular weight excluding hydrogens is 222 g/mol. The molecule has 0 heterocycles. The van der Waals surface area contributed by atoms with E-state index in [4.69, 9.17) is 0 Å². The monoisotopic (exact) mass is 235 g/mol. The van der Waals surface area contributed by atoms with E-state index in [-0.39, 0.29) is 0 Å². The molecule has 0 fully saturated rings. The number of rotatable bonds is 2. The van der Waals surface area contributed by atoms with Crippen molar-refractivity contribution >= 4 is 16.6 Å². The van der Waals surface area contributed by atoms with Crippen molar-refractivity contribution in [3.05, 3.63) is 66.7 Å². The first-order valence-electron chi connectivity index (χ1n) is 4.75. The number of anilines is 1. The van der Waals surface area contributed by atoms with E-state index in [0.29, 0.717) is 5.69 Å². The highest BCUT2D eigenvalue weighted by atomic mass is 32.2. The van der Waals surface area contributed by atoms with Gasteiger partial charge in [-0.3, -0.25) is 4.72 Å². The summed E-state index contributed by atoms with van der Waals surface area (Å²) >= 11 is 0. The normalized spacial score (nSPS) is 9.06. The maximum absolute atomic E-state index is 10.1. The predicted molar refractivity (Wildman–Crippen MR) is 66.8 cm³/mol. The molecule has 0 aliphatic carbocycles. The molecule has 84 valence electrons. The van der Waals surface area contributed by atoms with E-state index in [9.17, 15) is 8.42 Å². The van der Waals surface area contributed by atoms with Crippen LogP contribution in [-0.4, -0.2) is 8.42 Å². The molecule has 4 heteroatoms. The van der Waals surface area contributed by atoms with Crippen LogP contribution in [0.4, 0.5) is 5.69 Å². The highest BCUT2D eigenvalue weighted by Crippen LogP contribution is 2.03. The van der Waals surface area contributed by atoms with Gasteiger partial charge in [-0.15, -0.1) is 0 Å². The number of hydrogen-bond donors (Lipinski definition) is 2. The van der Waals surface area contributed by atoms with Crippen LogP contribution in [0.2, 0.25) is 0 Å². The van der Waals surface area contributed by atoms with Gasteiger partial charge in [0.25, 0.3) is 0 Å². The Morgan fingerprint density at radius 3 is 1.44 bits per heavy atom.